The van der Waals surface area contributed by atoms with Gasteiger partial charge in [-0.1, -0.05) is 59.8 Å². The Labute approximate surface area is 211 Å². The van der Waals surface area contributed by atoms with E-state index in [1.165, 1.54) is 0 Å². The molecule has 5 atom stereocenters. The van der Waals surface area contributed by atoms with Crippen molar-refractivity contribution in [1.29, 1.82) is 0 Å². The summed E-state index contributed by atoms with van der Waals surface area (Å²) in [7, 11) is -0.205. The Kier molecular flexibility index (Phi) is 11.4. The minimum atomic E-state index is -2.77. The van der Waals surface area contributed by atoms with Crippen molar-refractivity contribution in [2.24, 2.45) is 5.92 Å². The monoisotopic (exact) mass is 520 g/mol. The second-order valence-electron chi connectivity index (χ2n) is 11.6. The van der Waals surface area contributed by atoms with Crippen LogP contribution in [-0.4, -0.2) is 74.2 Å². The zero-order valence-electron chi connectivity index (χ0n) is 23.3. The fourth-order valence-electron chi connectivity index (χ4n) is 4.30. The van der Waals surface area contributed by atoms with E-state index in [2.05, 4.69) is 45.5 Å². The van der Waals surface area contributed by atoms with Crippen LogP contribution in [0, 0.1) is 5.92 Å². The van der Waals surface area contributed by atoms with Crippen molar-refractivity contribution in [2.75, 3.05) is 14.2 Å². The molecule has 206 valence electrons. The van der Waals surface area contributed by atoms with Crippen LogP contribution in [0.1, 0.15) is 80.1 Å². The molecule has 1 aliphatic rings. The Morgan fingerprint density at radius 3 is 2.11 bits per heavy atom. The van der Waals surface area contributed by atoms with E-state index >= 15 is 0 Å². The standard InChI is InChI=1S/C25H48O9Si/c1-11-12-13-14-15-16-17(33-35(9,10)23(2,3)4)18-20(32-34-24(18,5)6)25(29,22(28)31-8)19(26)21(27)30-7/h17-20,26,29H,11-16H2,1-10H3/t17-,18-,19-,20+,25+/m0/s1. The number of hydrogen-bond acceptors (Lipinski definition) is 9. The van der Waals surface area contributed by atoms with Crippen molar-refractivity contribution in [2.45, 2.75) is 128 Å². The van der Waals surface area contributed by atoms with Gasteiger partial charge in [-0.3, -0.25) is 0 Å². The highest BCUT2D eigenvalue weighted by molar-refractivity contribution is 6.74. The first-order valence-corrected chi connectivity index (χ1v) is 15.5. The van der Waals surface area contributed by atoms with Crippen LogP contribution in [0.2, 0.25) is 18.1 Å². The van der Waals surface area contributed by atoms with Crippen LogP contribution in [0.4, 0.5) is 0 Å². The number of carbonyl (C=O) groups excluding carboxylic acids is 2. The fraction of sp³-hybridized carbons (Fsp3) is 0.920. The summed E-state index contributed by atoms with van der Waals surface area (Å²) in [5, 5.41) is 22.1. The van der Waals surface area contributed by atoms with E-state index < -0.39 is 55.7 Å². The molecule has 1 rings (SSSR count). The molecule has 0 aromatic heterocycles. The van der Waals surface area contributed by atoms with E-state index in [9.17, 15) is 19.8 Å². The normalized spacial score (nSPS) is 23.9. The number of hydrogen-bond donors (Lipinski definition) is 2. The maximum absolute atomic E-state index is 12.8. The van der Waals surface area contributed by atoms with Gasteiger partial charge in [-0.25, -0.2) is 19.4 Å². The first-order valence-electron chi connectivity index (χ1n) is 12.6. The zero-order chi connectivity index (χ0) is 27.2. The van der Waals surface area contributed by atoms with E-state index in [0.29, 0.717) is 6.42 Å². The fourth-order valence-corrected chi connectivity index (χ4v) is 5.67. The van der Waals surface area contributed by atoms with E-state index in [-0.39, 0.29) is 5.04 Å². The second kappa shape index (κ2) is 12.5. The summed E-state index contributed by atoms with van der Waals surface area (Å²) < 4.78 is 16.3. The predicted molar refractivity (Wildman–Crippen MR) is 134 cm³/mol. The molecule has 0 radical (unpaired) electrons. The Morgan fingerprint density at radius 1 is 1.06 bits per heavy atom. The van der Waals surface area contributed by atoms with Gasteiger partial charge < -0.3 is 24.1 Å². The topological polar surface area (TPSA) is 121 Å². The SMILES string of the molecule is CCCCCCC[C@H](O[Si](C)(C)C(C)(C)C)[C@H]1[C@H]([C@@](O)(C(=O)OC)[C@@H](O)C(=O)OC)OOC1(C)C. The van der Waals surface area contributed by atoms with Crippen LogP contribution in [-0.2, 0) is 33.3 Å². The predicted octanol–water partition coefficient (Wildman–Crippen LogP) is 3.90. The molecule has 0 amide bonds. The van der Waals surface area contributed by atoms with Gasteiger partial charge >= 0.3 is 11.9 Å². The third kappa shape index (κ3) is 7.26. The molecule has 10 heteroatoms. The quantitative estimate of drug-likeness (QED) is 0.161. The first kappa shape index (κ1) is 32.0. The van der Waals surface area contributed by atoms with Crippen molar-refractivity contribution in [3.63, 3.8) is 0 Å². The van der Waals surface area contributed by atoms with Crippen LogP contribution in [0.3, 0.4) is 0 Å². The smallest absolute Gasteiger partial charge is 0.344 e. The number of ether oxygens (including phenoxy) is 2. The number of rotatable bonds is 13. The lowest BCUT2D eigenvalue weighted by atomic mass is 9.73. The number of esters is 2. The van der Waals surface area contributed by atoms with Crippen molar-refractivity contribution >= 4 is 20.3 Å². The summed E-state index contributed by atoms with van der Waals surface area (Å²) in [5.74, 6) is -3.11. The van der Waals surface area contributed by atoms with E-state index in [1.54, 1.807) is 13.8 Å². The van der Waals surface area contributed by atoms with Crippen LogP contribution >= 0.6 is 0 Å². The molecule has 0 saturated carbocycles. The molecule has 0 spiro atoms. The maximum atomic E-state index is 12.8. The van der Waals surface area contributed by atoms with Gasteiger partial charge in [0.2, 0.25) is 5.60 Å². The number of methoxy groups -OCH3 is 2. The Morgan fingerprint density at radius 2 is 1.63 bits per heavy atom. The zero-order valence-corrected chi connectivity index (χ0v) is 24.3. The van der Waals surface area contributed by atoms with Gasteiger partial charge in [0.05, 0.1) is 20.3 Å². The second-order valence-corrected chi connectivity index (χ2v) is 16.3. The molecule has 9 nitrogen and oxygen atoms in total. The largest absolute Gasteiger partial charge is 0.467 e. The molecule has 35 heavy (non-hydrogen) atoms. The van der Waals surface area contributed by atoms with Crippen LogP contribution in [0.25, 0.3) is 0 Å². The number of carbonyl (C=O) groups is 2. The van der Waals surface area contributed by atoms with Crippen molar-refractivity contribution in [3.05, 3.63) is 0 Å². The number of unbranched alkanes of at least 4 members (excludes halogenated alkanes) is 4. The van der Waals surface area contributed by atoms with Gasteiger partial charge in [0, 0.05) is 5.92 Å². The molecule has 0 unspecified atom stereocenters. The molecule has 1 saturated heterocycles. The summed E-state index contributed by atoms with van der Waals surface area (Å²) in [6.07, 6.45) is 1.73. The summed E-state index contributed by atoms with van der Waals surface area (Å²) in [4.78, 5) is 36.2. The van der Waals surface area contributed by atoms with Crippen LogP contribution in [0.15, 0.2) is 0 Å². The maximum Gasteiger partial charge on any atom is 0.344 e. The third-order valence-corrected chi connectivity index (χ3v) is 12.0. The lowest BCUT2D eigenvalue weighted by Gasteiger charge is -2.45. The lowest BCUT2D eigenvalue weighted by molar-refractivity contribution is -0.340. The van der Waals surface area contributed by atoms with Gasteiger partial charge in [-0.15, -0.1) is 0 Å². The van der Waals surface area contributed by atoms with Gasteiger partial charge in [-0.2, -0.15) is 0 Å². The molecule has 0 aliphatic carbocycles. The van der Waals surface area contributed by atoms with Gasteiger partial charge in [0.25, 0.3) is 0 Å². The Hall–Kier alpha value is -1.04. The van der Waals surface area contributed by atoms with Crippen LogP contribution in [0.5, 0.6) is 0 Å². The van der Waals surface area contributed by atoms with Crippen molar-refractivity contribution < 1.29 is 43.5 Å². The summed E-state index contributed by atoms with van der Waals surface area (Å²) in [6.45, 7) is 16.4. The average Bonchev–Trinajstić information content (AvgIpc) is 3.10. The van der Waals surface area contributed by atoms with E-state index in [4.69, 9.17) is 18.9 Å². The highest BCUT2D eigenvalue weighted by atomic mass is 28.4. The molecule has 1 heterocycles. The Bertz CT molecular complexity index is 704. The van der Waals surface area contributed by atoms with Gasteiger partial charge in [0.15, 0.2) is 14.4 Å². The summed E-state index contributed by atoms with van der Waals surface area (Å²) in [5.41, 5.74) is -3.77. The average molecular weight is 521 g/mol. The number of aliphatic hydroxyl groups is 2. The van der Waals surface area contributed by atoms with Crippen LogP contribution < -0.4 is 0 Å². The first-order chi connectivity index (χ1) is 16.0. The molecule has 0 aromatic carbocycles. The summed E-state index contributed by atoms with van der Waals surface area (Å²) >= 11 is 0. The third-order valence-electron chi connectivity index (χ3n) is 7.53. The van der Waals surface area contributed by atoms with Crippen molar-refractivity contribution in [3.8, 4) is 0 Å². The Balaban J connectivity index is 3.52. The highest BCUT2D eigenvalue weighted by Crippen LogP contribution is 2.47. The highest BCUT2D eigenvalue weighted by Gasteiger charge is 2.66. The van der Waals surface area contributed by atoms with Gasteiger partial charge in [-0.05, 0) is 38.4 Å². The van der Waals surface area contributed by atoms with Crippen molar-refractivity contribution in [1.82, 2.24) is 0 Å². The molecule has 1 fully saturated rings. The minimum absolute atomic E-state index is 0.0996. The lowest BCUT2D eigenvalue weighted by Crippen LogP contribution is -2.65. The minimum Gasteiger partial charge on any atom is -0.467 e. The van der Waals surface area contributed by atoms with E-state index in [0.717, 1.165) is 46.3 Å². The molecule has 0 aromatic rings. The molecule has 2 N–H and O–H groups in total. The molecular formula is C25H48O9Si. The van der Waals surface area contributed by atoms with Gasteiger partial charge in [0.1, 0.15) is 11.7 Å². The molecular weight excluding hydrogens is 472 g/mol. The van der Waals surface area contributed by atoms with E-state index in [1.807, 2.05) is 0 Å². The molecule has 1 aliphatic heterocycles. The number of aliphatic hydroxyl groups excluding tert-OH is 1. The summed E-state index contributed by atoms with van der Waals surface area (Å²) in [6, 6.07) is 0. The molecule has 0 bridgehead atoms.